The minimum Gasteiger partial charge on any atom is -0.356 e. The molecule has 1 aromatic rings. The summed E-state index contributed by atoms with van der Waals surface area (Å²) in [5.74, 6) is 0.923. The zero-order valence-electron chi connectivity index (χ0n) is 14.5. The molecule has 1 atom stereocenters. The van der Waals surface area contributed by atoms with Crippen LogP contribution in [0.2, 0.25) is 0 Å². The van der Waals surface area contributed by atoms with E-state index in [4.69, 9.17) is 0 Å². The predicted molar refractivity (Wildman–Crippen MR) is 93.6 cm³/mol. The number of aryl methyl sites for hydroxylation is 1. The van der Waals surface area contributed by atoms with Gasteiger partial charge in [-0.05, 0) is 31.2 Å². The highest BCUT2D eigenvalue weighted by Gasteiger charge is 2.30. The number of aromatic nitrogens is 2. The van der Waals surface area contributed by atoms with Crippen molar-refractivity contribution in [3.8, 4) is 0 Å². The van der Waals surface area contributed by atoms with E-state index in [1.807, 2.05) is 25.0 Å². The summed E-state index contributed by atoms with van der Waals surface area (Å²) in [5.41, 5.74) is 1.25. The molecule has 6 nitrogen and oxygen atoms in total. The summed E-state index contributed by atoms with van der Waals surface area (Å²) in [4.78, 5) is 7.04. The second kappa shape index (κ2) is 7.81. The average molecular weight is 318 g/mol. The van der Waals surface area contributed by atoms with E-state index < -0.39 is 0 Å². The highest BCUT2D eigenvalue weighted by molar-refractivity contribution is 5.80. The molecule has 0 aromatic carbocycles. The average Bonchev–Trinajstić information content (AvgIpc) is 3.27. The van der Waals surface area contributed by atoms with Crippen LogP contribution in [0.5, 0.6) is 0 Å². The monoisotopic (exact) mass is 318 g/mol. The molecule has 6 heteroatoms. The van der Waals surface area contributed by atoms with Gasteiger partial charge in [0.25, 0.3) is 0 Å². The first-order valence-electron chi connectivity index (χ1n) is 8.93. The van der Waals surface area contributed by atoms with Crippen molar-refractivity contribution in [1.82, 2.24) is 25.3 Å². The van der Waals surface area contributed by atoms with Gasteiger partial charge in [-0.2, -0.15) is 5.10 Å². The van der Waals surface area contributed by atoms with Gasteiger partial charge in [0.05, 0.1) is 6.20 Å². The lowest BCUT2D eigenvalue weighted by molar-refractivity contribution is 0.242. The Morgan fingerprint density at radius 1 is 1.35 bits per heavy atom. The highest BCUT2D eigenvalue weighted by atomic mass is 15.3. The Balaban J connectivity index is 1.39. The van der Waals surface area contributed by atoms with Gasteiger partial charge in [0.1, 0.15) is 0 Å². The van der Waals surface area contributed by atoms with Gasteiger partial charge in [-0.3, -0.25) is 14.6 Å². The predicted octanol–water partition coefficient (Wildman–Crippen LogP) is 1.14. The minimum absolute atomic E-state index is 0.528. The standard InChI is InChI=1S/C17H30N6/c1-18-17(19-9-7-14-11-20-22(2)12-14)21-15-8-10-23(13-15)16-5-3-4-6-16/h11-12,15-16H,3-10,13H2,1-2H3,(H2,18,19,21). The van der Waals surface area contributed by atoms with Crippen LogP contribution < -0.4 is 10.6 Å². The molecule has 0 radical (unpaired) electrons. The number of nitrogens with one attached hydrogen (secondary N) is 2. The first-order chi connectivity index (χ1) is 11.2. The first kappa shape index (κ1) is 16.3. The second-order valence-electron chi connectivity index (χ2n) is 6.83. The van der Waals surface area contributed by atoms with Crippen LogP contribution in [0.25, 0.3) is 0 Å². The molecular formula is C17H30N6. The molecular weight excluding hydrogens is 288 g/mol. The van der Waals surface area contributed by atoms with Crippen LogP contribution in [0, 0.1) is 0 Å². The molecule has 128 valence electrons. The summed E-state index contributed by atoms with van der Waals surface area (Å²) in [5, 5.41) is 11.2. The SMILES string of the molecule is CN=C(NCCc1cnn(C)c1)NC1CCN(C2CCCC2)C1. The number of nitrogens with zero attached hydrogens (tertiary/aromatic N) is 4. The van der Waals surface area contributed by atoms with E-state index >= 15 is 0 Å². The molecule has 1 aliphatic carbocycles. The fourth-order valence-corrected chi connectivity index (χ4v) is 3.82. The molecule has 2 heterocycles. The van der Waals surface area contributed by atoms with Crippen LogP contribution >= 0.6 is 0 Å². The fraction of sp³-hybridized carbons (Fsp3) is 0.765. The summed E-state index contributed by atoms with van der Waals surface area (Å²) in [6.07, 6.45) is 11.8. The molecule has 1 aromatic heterocycles. The van der Waals surface area contributed by atoms with Crippen LogP contribution in [0.4, 0.5) is 0 Å². The molecule has 1 unspecified atom stereocenters. The van der Waals surface area contributed by atoms with Gasteiger partial charge >= 0.3 is 0 Å². The van der Waals surface area contributed by atoms with E-state index in [0.29, 0.717) is 6.04 Å². The minimum atomic E-state index is 0.528. The van der Waals surface area contributed by atoms with Gasteiger partial charge in [0.2, 0.25) is 0 Å². The fourth-order valence-electron chi connectivity index (χ4n) is 3.82. The number of guanidine groups is 1. The molecule has 23 heavy (non-hydrogen) atoms. The number of rotatable bonds is 5. The van der Waals surface area contributed by atoms with Crippen molar-refractivity contribution in [3.05, 3.63) is 18.0 Å². The molecule has 0 bridgehead atoms. The number of likely N-dealkylation sites (tertiary alicyclic amines) is 1. The Morgan fingerprint density at radius 3 is 2.87 bits per heavy atom. The van der Waals surface area contributed by atoms with E-state index in [2.05, 4.69) is 31.8 Å². The lowest BCUT2D eigenvalue weighted by Gasteiger charge is -2.24. The van der Waals surface area contributed by atoms with Crippen molar-refractivity contribution < 1.29 is 0 Å². The molecule has 2 fully saturated rings. The van der Waals surface area contributed by atoms with Crippen LogP contribution in [-0.2, 0) is 13.5 Å². The van der Waals surface area contributed by atoms with Gasteiger partial charge < -0.3 is 10.6 Å². The molecule has 1 saturated heterocycles. The second-order valence-corrected chi connectivity index (χ2v) is 6.83. The lowest BCUT2D eigenvalue weighted by Crippen LogP contribution is -2.45. The quantitative estimate of drug-likeness (QED) is 0.631. The molecule has 1 saturated carbocycles. The Hall–Kier alpha value is -1.56. The summed E-state index contributed by atoms with van der Waals surface area (Å²) < 4.78 is 1.85. The molecule has 1 aliphatic heterocycles. The maximum atomic E-state index is 4.37. The normalized spacial score (nSPS) is 23.6. The van der Waals surface area contributed by atoms with Gasteiger partial charge in [0.15, 0.2) is 5.96 Å². The largest absolute Gasteiger partial charge is 0.356 e. The van der Waals surface area contributed by atoms with Crippen LogP contribution in [0.3, 0.4) is 0 Å². The Labute approximate surface area is 139 Å². The van der Waals surface area contributed by atoms with E-state index in [-0.39, 0.29) is 0 Å². The molecule has 2 N–H and O–H groups in total. The zero-order valence-corrected chi connectivity index (χ0v) is 14.5. The van der Waals surface area contributed by atoms with Crippen molar-refractivity contribution in [3.63, 3.8) is 0 Å². The maximum absolute atomic E-state index is 4.37. The molecule has 2 aliphatic rings. The summed E-state index contributed by atoms with van der Waals surface area (Å²) >= 11 is 0. The highest BCUT2D eigenvalue weighted by Crippen LogP contribution is 2.26. The van der Waals surface area contributed by atoms with Crippen molar-refractivity contribution in [1.29, 1.82) is 0 Å². The summed E-state index contributed by atoms with van der Waals surface area (Å²) in [6, 6.07) is 1.36. The van der Waals surface area contributed by atoms with E-state index in [9.17, 15) is 0 Å². The van der Waals surface area contributed by atoms with Gasteiger partial charge in [-0.1, -0.05) is 12.8 Å². The zero-order chi connectivity index (χ0) is 16.1. The third kappa shape index (κ3) is 4.47. The van der Waals surface area contributed by atoms with Crippen molar-refractivity contribution in [2.75, 3.05) is 26.7 Å². The number of aliphatic imine (C=N–C) groups is 1. The molecule has 0 spiro atoms. The Bertz CT molecular complexity index is 517. The van der Waals surface area contributed by atoms with E-state index in [0.717, 1.165) is 31.5 Å². The van der Waals surface area contributed by atoms with Crippen LogP contribution in [0.1, 0.15) is 37.7 Å². The van der Waals surface area contributed by atoms with Crippen LogP contribution in [0.15, 0.2) is 17.4 Å². The molecule has 3 rings (SSSR count). The number of hydrogen-bond donors (Lipinski definition) is 2. The topological polar surface area (TPSA) is 57.5 Å². The molecule has 0 amide bonds. The third-order valence-corrected chi connectivity index (χ3v) is 5.09. The van der Waals surface area contributed by atoms with E-state index in [1.165, 1.54) is 44.2 Å². The maximum Gasteiger partial charge on any atom is 0.191 e. The van der Waals surface area contributed by atoms with Gasteiger partial charge in [-0.25, -0.2) is 0 Å². The number of hydrogen-bond acceptors (Lipinski definition) is 3. The summed E-state index contributed by atoms with van der Waals surface area (Å²) in [7, 11) is 3.80. The van der Waals surface area contributed by atoms with Crippen LogP contribution in [-0.4, -0.2) is 59.4 Å². The summed E-state index contributed by atoms with van der Waals surface area (Å²) in [6.45, 7) is 3.27. The van der Waals surface area contributed by atoms with Crippen molar-refractivity contribution in [2.24, 2.45) is 12.0 Å². The van der Waals surface area contributed by atoms with Gasteiger partial charge in [-0.15, -0.1) is 0 Å². The first-order valence-corrected chi connectivity index (χ1v) is 8.93. The smallest absolute Gasteiger partial charge is 0.191 e. The Morgan fingerprint density at radius 2 is 2.17 bits per heavy atom. The Kier molecular flexibility index (Phi) is 5.54. The van der Waals surface area contributed by atoms with E-state index in [1.54, 1.807) is 0 Å². The van der Waals surface area contributed by atoms with Gasteiger partial charge in [0, 0.05) is 52.0 Å². The van der Waals surface area contributed by atoms with Crippen molar-refractivity contribution in [2.45, 2.75) is 50.6 Å². The van der Waals surface area contributed by atoms with Crippen molar-refractivity contribution >= 4 is 5.96 Å². The third-order valence-electron chi connectivity index (χ3n) is 5.09. The lowest BCUT2D eigenvalue weighted by atomic mass is 10.2.